The molecular formula is C18H32N2O. The van der Waals surface area contributed by atoms with Crippen LogP contribution in [0.25, 0.3) is 0 Å². The Morgan fingerprint density at radius 2 is 2.00 bits per heavy atom. The van der Waals surface area contributed by atoms with Crippen LogP contribution in [-0.4, -0.2) is 54.3 Å². The van der Waals surface area contributed by atoms with Crippen LogP contribution in [0, 0.1) is 17.8 Å². The molecule has 3 unspecified atom stereocenters. The molecule has 3 heteroatoms. The van der Waals surface area contributed by atoms with Gasteiger partial charge in [-0.2, -0.15) is 0 Å². The van der Waals surface area contributed by atoms with E-state index in [0.717, 1.165) is 43.7 Å². The zero-order valence-electron chi connectivity index (χ0n) is 13.9. The van der Waals surface area contributed by atoms with E-state index in [1.54, 1.807) is 0 Å². The molecule has 21 heavy (non-hydrogen) atoms. The van der Waals surface area contributed by atoms with Crippen molar-refractivity contribution < 1.29 is 4.79 Å². The predicted octanol–water partition coefficient (Wildman–Crippen LogP) is 2.80. The molecule has 0 N–H and O–H groups in total. The molecule has 0 aromatic carbocycles. The summed E-state index contributed by atoms with van der Waals surface area (Å²) in [5.41, 5.74) is 0. The molecule has 3 nitrogen and oxygen atoms in total. The lowest BCUT2D eigenvalue weighted by molar-refractivity contribution is -0.127. The highest BCUT2D eigenvalue weighted by atomic mass is 16.1. The highest BCUT2D eigenvalue weighted by molar-refractivity contribution is 5.82. The topological polar surface area (TPSA) is 23.6 Å². The number of piperazine rings is 1. The van der Waals surface area contributed by atoms with E-state index in [1.807, 2.05) is 0 Å². The minimum Gasteiger partial charge on any atom is -0.300 e. The van der Waals surface area contributed by atoms with Gasteiger partial charge in [0.25, 0.3) is 0 Å². The molecule has 3 aliphatic rings. The quantitative estimate of drug-likeness (QED) is 0.799. The van der Waals surface area contributed by atoms with Gasteiger partial charge in [-0.15, -0.1) is 0 Å². The zero-order chi connectivity index (χ0) is 14.8. The first-order valence-corrected chi connectivity index (χ1v) is 9.12. The van der Waals surface area contributed by atoms with Crippen LogP contribution in [0.4, 0.5) is 0 Å². The molecule has 0 radical (unpaired) electrons. The van der Waals surface area contributed by atoms with Crippen molar-refractivity contribution in [1.29, 1.82) is 0 Å². The Morgan fingerprint density at radius 3 is 2.81 bits per heavy atom. The minimum atomic E-state index is 0.321. The van der Waals surface area contributed by atoms with E-state index in [0.29, 0.717) is 11.7 Å². The van der Waals surface area contributed by atoms with Gasteiger partial charge in [-0.25, -0.2) is 0 Å². The number of ketones is 1. The summed E-state index contributed by atoms with van der Waals surface area (Å²) >= 11 is 0. The number of nitrogens with zero attached hydrogens (tertiary/aromatic N) is 2. The van der Waals surface area contributed by atoms with Gasteiger partial charge in [0.15, 0.2) is 0 Å². The van der Waals surface area contributed by atoms with Gasteiger partial charge in [0.1, 0.15) is 5.78 Å². The van der Waals surface area contributed by atoms with Crippen LogP contribution in [0.5, 0.6) is 0 Å². The minimum absolute atomic E-state index is 0.321. The Bertz CT molecular complexity index is 368. The van der Waals surface area contributed by atoms with Crippen molar-refractivity contribution in [3.63, 3.8) is 0 Å². The van der Waals surface area contributed by atoms with Crippen LogP contribution in [0.2, 0.25) is 0 Å². The van der Waals surface area contributed by atoms with Crippen LogP contribution in [0.1, 0.15) is 52.4 Å². The van der Waals surface area contributed by atoms with Crippen molar-refractivity contribution in [2.75, 3.05) is 32.7 Å². The standard InChI is InChI=1S/C18H32N2O/c1-14(2)15-6-7-18(21)16(11-15)12-19-9-10-20-8-4-3-5-17(20)13-19/h14-17H,3-13H2,1-2H3. The lowest BCUT2D eigenvalue weighted by Crippen LogP contribution is -2.56. The van der Waals surface area contributed by atoms with E-state index in [9.17, 15) is 4.79 Å². The van der Waals surface area contributed by atoms with Crippen molar-refractivity contribution in [3.8, 4) is 0 Å². The summed E-state index contributed by atoms with van der Waals surface area (Å²) in [6.45, 7) is 10.6. The van der Waals surface area contributed by atoms with Crippen LogP contribution >= 0.6 is 0 Å². The van der Waals surface area contributed by atoms with Gasteiger partial charge < -0.3 is 0 Å². The van der Waals surface area contributed by atoms with Crippen LogP contribution < -0.4 is 0 Å². The molecule has 120 valence electrons. The number of carbonyl (C=O) groups is 1. The number of rotatable bonds is 3. The third kappa shape index (κ3) is 3.68. The Kier molecular flexibility index (Phi) is 5.00. The maximum absolute atomic E-state index is 12.3. The Balaban J connectivity index is 1.54. The fraction of sp³-hybridized carbons (Fsp3) is 0.944. The summed E-state index contributed by atoms with van der Waals surface area (Å²) in [5, 5.41) is 0. The van der Waals surface area contributed by atoms with Gasteiger partial charge >= 0.3 is 0 Å². The van der Waals surface area contributed by atoms with E-state index in [-0.39, 0.29) is 0 Å². The van der Waals surface area contributed by atoms with Crippen LogP contribution in [-0.2, 0) is 4.79 Å². The normalized spacial score (nSPS) is 36.0. The smallest absolute Gasteiger partial charge is 0.137 e. The molecule has 1 saturated carbocycles. The third-order valence-electron chi connectivity index (χ3n) is 6.15. The van der Waals surface area contributed by atoms with E-state index >= 15 is 0 Å². The third-order valence-corrected chi connectivity index (χ3v) is 6.15. The van der Waals surface area contributed by atoms with Crippen molar-refractivity contribution in [1.82, 2.24) is 9.80 Å². The average molecular weight is 292 g/mol. The summed E-state index contributed by atoms with van der Waals surface area (Å²) in [6, 6.07) is 0.770. The second-order valence-electron chi connectivity index (χ2n) is 7.89. The molecule has 1 aliphatic carbocycles. The molecule has 2 heterocycles. The summed E-state index contributed by atoms with van der Waals surface area (Å²) in [5.74, 6) is 2.36. The highest BCUT2D eigenvalue weighted by Crippen LogP contribution is 2.32. The van der Waals surface area contributed by atoms with Gasteiger partial charge in [-0.05, 0) is 44.1 Å². The molecule has 0 amide bonds. The molecule has 2 aliphatic heterocycles. The zero-order valence-corrected chi connectivity index (χ0v) is 13.9. The molecule has 3 atom stereocenters. The Hall–Kier alpha value is -0.410. The van der Waals surface area contributed by atoms with Crippen molar-refractivity contribution in [3.05, 3.63) is 0 Å². The predicted molar refractivity (Wildman–Crippen MR) is 86.3 cm³/mol. The maximum atomic E-state index is 12.3. The van der Waals surface area contributed by atoms with Gasteiger partial charge in [0.2, 0.25) is 0 Å². The lowest BCUT2D eigenvalue weighted by Gasteiger charge is -2.45. The summed E-state index contributed by atoms with van der Waals surface area (Å²) in [7, 11) is 0. The number of Topliss-reactive ketones (excluding diaryl/α,β-unsaturated/α-hetero) is 1. The van der Waals surface area contributed by atoms with E-state index in [4.69, 9.17) is 0 Å². The highest BCUT2D eigenvalue weighted by Gasteiger charge is 2.34. The maximum Gasteiger partial charge on any atom is 0.137 e. The van der Waals surface area contributed by atoms with Gasteiger partial charge in [0.05, 0.1) is 0 Å². The van der Waals surface area contributed by atoms with Crippen molar-refractivity contribution in [2.24, 2.45) is 17.8 Å². The first kappa shape index (κ1) is 15.5. The number of fused-ring (bicyclic) bond motifs is 1. The van der Waals surface area contributed by atoms with E-state index in [2.05, 4.69) is 23.6 Å². The lowest BCUT2D eigenvalue weighted by atomic mass is 9.75. The van der Waals surface area contributed by atoms with Gasteiger partial charge in [0, 0.05) is 44.6 Å². The molecule has 3 fully saturated rings. The second-order valence-corrected chi connectivity index (χ2v) is 7.89. The molecule has 2 saturated heterocycles. The van der Waals surface area contributed by atoms with Gasteiger partial charge in [-0.3, -0.25) is 14.6 Å². The van der Waals surface area contributed by atoms with Crippen molar-refractivity contribution in [2.45, 2.75) is 58.4 Å². The van der Waals surface area contributed by atoms with Gasteiger partial charge in [-0.1, -0.05) is 20.3 Å². The molecule has 0 aromatic heterocycles. The van der Waals surface area contributed by atoms with E-state index in [1.165, 1.54) is 45.4 Å². The Morgan fingerprint density at radius 1 is 1.14 bits per heavy atom. The fourth-order valence-corrected chi connectivity index (χ4v) is 4.63. The first-order chi connectivity index (χ1) is 10.1. The number of hydrogen-bond donors (Lipinski definition) is 0. The molecule has 3 rings (SSSR count). The molecule has 0 bridgehead atoms. The van der Waals surface area contributed by atoms with Crippen molar-refractivity contribution >= 4 is 5.78 Å². The summed E-state index contributed by atoms with van der Waals surface area (Å²) in [6.07, 6.45) is 7.24. The first-order valence-electron chi connectivity index (χ1n) is 9.12. The van der Waals surface area contributed by atoms with E-state index < -0.39 is 0 Å². The Labute approximate surface area is 130 Å². The van der Waals surface area contributed by atoms with Crippen LogP contribution in [0.3, 0.4) is 0 Å². The number of hydrogen-bond acceptors (Lipinski definition) is 3. The fourth-order valence-electron chi connectivity index (χ4n) is 4.63. The summed E-state index contributed by atoms with van der Waals surface area (Å²) in [4.78, 5) is 17.6. The molecular weight excluding hydrogens is 260 g/mol. The second kappa shape index (κ2) is 6.78. The molecule has 0 aromatic rings. The molecule has 0 spiro atoms. The largest absolute Gasteiger partial charge is 0.300 e. The monoisotopic (exact) mass is 292 g/mol. The summed E-state index contributed by atoms with van der Waals surface area (Å²) < 4.78 is 0. The number of piperidine rings is 1. The SMILES string of the molecule is CC(C)C1CCC(=O)C(CN2CCN3CCCCC3C2)C1. The number of carbonyl (C=O) groups excluding carboxylic acids is 1. The average Bonchev–Trinajstić information content (AvgIpc) is 2.49. The van der Waals surface area contributed by atoms with Crippen LogP contribution in [0.15, 0.2) is 0 Å².